The van der Waals surface area contributed by atoms with Gasteiger partial charge in [-0.25, -0.2) is 14.4 Å². The Morgan fingerprint density at radius 2 is 2.08 bits per heavy atom. The van der Waals surface area contributed by atoms with E-state index in [-0.39, 0.29) is 17.6 Å². The van der Waals surface area contributed by atoms with Crippen molar-refractivity contribution < 1.29 is 13.9 Å². The monoisotopic (exact) mass is 517 g/mol. The summed E-state index contributed by atoms with van der Waals surface area (Å²) in [5, 5.41) is 12.4. The number of likely N-dealkylation sites (tertiary alicyclic amines) is 1. The average molecular weight is 518 g/mol. The van der Waals surface area contributed by atoms with Gasteiger partial charge in [0.15, 0.2) is 11.4 Å². The van der Waals surface area contributed by atoms with Crippen molar-refractivity contribution in [3.05, 3.63) is 70.3 Å². The van der Waals surface area contributed by atoms with E-state index in [9.17, 15) is 14.4 Å². The summed E-state index contributed by atoms with van der Waals surface area (Å²) in [6.45, 7) is 6.84. The van der Waals surface area contributed by atoms with Gasteiger partial charge in [0.2, 0.25) is 5.95 Å². The minimum absolute atomic E-state index is 0.0457. The van der Waals surface area contributed by atoms with Gasteiger partial charge in [0.05, 0.1) is 19.2 Å². The molecule has 2 aromatic heterocycles. The molecule has 5 rings (SSSR count). The van der Waals surface area contributed by atoms with Gasteiger partial charge < -0.3 is 19.5 Å². The quantitative estimate of drug-likeness (QED) is 0.463. The summed E-state index contributed by atoms with van der Waals surface area (Å²) in [7, 11) is 1.83. The number of halogens is 1. The molecular formula is C28H32FN7O2. The van der Waals surface area contributed by atoms with Crippen molar-refractivity contribution in [2.45, 2.75) is 45.6 Å². The second-order valence-electron chi connectivity index (χ2n) is 9.79. The summed E-state index contributed by atoms with van der Waals surface area (Å²) in [6.07, 6.45) is 5.22. The number of benzene rings is 1. The first-order chi connectivity index (χ1) is 18.4. The molecule has 9 nitrogen and oxygen atoms in total. The summed E-state index contributed by atoms with van der Waals surface area (Å²) < 4.78 is 21.2. The molecule has 198 valence electrons. The molecule has 38 heavy (non-hydrogen) atoms. The Labute approximate surface area is 221 Å². The Hall–Kier alpha value is -3.97. The number of hydrogen-bond acceptors (Lipinski definition) is 7. The number of carbonyl (C=O) groups is 1. The van der Waals surface area contributed by atoms with Crippen LogP contribution in [-0.4, -0.2) is 69.7 Å². The highest BCUT2D eigenvalue weighted by Gasteiger charge is 2.33. The maximum absolute atomic E-state index is 13.9. The molecule has 0 saturated carbocycles. The van der Waals surface area contributed by atoms with Crippen LogP contribution in [0.5, 0.6) is 5.75 Å². The van der Waals surface area contributed by atoms with Crippen molar-refractivity contribution in [2.24, 2.45) is 0 Å². The lowest BCUT2D eigenvalue weighted by Gasteiger charge is -2.37. The topological polar surface area (TPSA) is 99.3 Å². The predicted molar refractivity (Wildman–Crippen MR) is 141 cm³/mol. The smallest absolute Gasteiger partial charge is 0.254 e. The number of rotatable bonds is 9. The third-order valence-electron chi connectivity index (χ3n) is 7.32. The van der Waals surface area contributed by atoms with E-state index in [2.05, 4.69) is 32.3 Å². The summed E-state index contributed by atoms with van der Waals surface area (Å²) in [4.78, 5) is 26.5. The molecule has 0 aliphatic carbocycles. The van der Waals surface area contributed by atoms with Crippen LogP contribution < -0.4 is 10.1 Å². The predicted octanol–water partition coefficient (Wildman–Crippen LogP) is 3.55. The fraction of sp³-hybridized carbons (Fsp3) is 0.429. The van der Waals surface area contributed by atoms with Crippen LogP contribution in [0, 0.1) is 11.3 Å². The molecule has 0 bridgehead atoms. The Bertz CT molecular complexity index is 1380. The number of ether oxygens (including phenoxy) is 1. The molecule has 0 radical (unpaired) electrons. The van der Waals surface area contributed by atoms with Crippen LogP contribution >= 0.6 is 0 Å². The van der Waals surface area contributed by atoms with Crippen LogP contribution in [-0.2, 0) is 19.5 Å². The van der Waals surface area contributed by atoms with Crippen molar-refractivity contribution >= 4 is 11.9 Å². The normalized spacial score (nSPS) is 16.5. The number of fused-ring (bicyclic) bond motifs is 1. The number of hydrogen-bond donors (Lipinski definition) is 1. The number of imidazole rings is 1. The van der Waals surface area contributed by atoms with Crippen LogP contribution in [0.1, 0.15) is 58.2 Å². The van der Waals surface area contributed by atoms with Gasteiger partial charge in [0, 0.05) is 57.4 Å². The third-order valence-corrected chi connectivity index (χ3v) is 7.32. The minimum atomic E-state index is -0.779. The highest BCUT2D eigenvalue weighted by Crippen LogP contribution is 2.33. The van der Waals surface area contributed by atoms with Crippen molar-refractivity contribution in [2.75, 3.05) is 38.6 Å². The second kappa shape index (κ2) is 10.8. The standard InChI is InChI=1S/C28H32FN7O2/c1-4-38-26-11-20(13-33-25(26)12-30)18(2)36-7-5-23-21(15-34-16-22(29)17-34)9-19(10-24(23)27(36)37)14-35-8-6-32-28(35)31-3/h6,8-11,13,18,22H,4-5,7,14-17H2,1-3H3,(H,31,32)/t18-/m0/s1. The molecule has 2 aliphatic heterocycles. The van der Waals surface area contributed by atoms with E-state index < -0.39 is 6.17 Å². The first-order valence-electron chi connectivity index (χ1n) is 13.0. The third kappa shape index (κ3) is 4.94. The zero-order valence-corrected chi connectivity index (χ0v) is 21.9. The molecule has 1 atom stereocenters. The Balaban J connectivity index is 1.47. The fourth-order valence-corrected chi connectivity index (χ4v) is 5.33. The number of amides is 1. The minimum Gasteiger partial charge on any atom is -0.491 e. The van der Waals surface area contributed by atoms with Gasteiger partial charge in [0.25, 0.3) is 5.91 Å². The van der Waals surface area contributed by atoms with E-state index in [1.807, 2.05) is 42.6 Å². The van der Waals surface area contributed by atoms with E-state index in [1.54, 1.807) is 18.5 Å². The average Bonchev–Trinajstić information content (AvgIpc) is 3.35. The van der Waals surface area contributed by atoms with Gasteiger partial charge in [-0.15, -0.1) is 0 Å². The van der Waals surface area contributed by atoms with Crippen LogP contribution in [0.3, 0.4) is 0 Å². The highest BCUT2D eigenvalue weighted by atomic mass is 19.1. The lowest BCUT2D eigenvalue weighted by molar-refractivity contribution is 0.0579. The van der Waals surface area contributed by atoms with Crippen molar-refractivity contribution in [3.8, 4) is 11.8 Å². The zero-order chi connectivity index (χ0) is 26.8. The first kappa shape index (κ1) is 25.7. The summed E-state index contributed by atoms with van der Waals surface area (Å²) >= 11 is 0. The molecule has 1 aromatic carbocycles. The Morgan fingerprint density at radius 1 is 1.26 bits per heavy atom. The molecule has 1 fully saturated rings. The first-order valence-corrected chi connectivity index (χ1v) is 13.0. The second-order valence-corrected chi connectivity index (χ2v) is 9.79. The van der Waals surface area contributed by atoms with Gasteiger partial charge in [-0.2, -0.15) is 5.26 Å². The van der Waals surface area contributed by atoms with E-state index in [0.29, 0.717) is 57.1 Å². The Kier molecular flexibility index (Phi) is 7.29. The summed E-state index contributed by atoms with van der Waals surface area (Å²) in [6, 6.07) is 7.74. The molecule has 2 aliphatic rings. The highest BCUT2D eigenvalue weighted by molar-refractivity contribution is 5.97. The number of alkyl halides is 1. The van der Waals surface area contributed by atoms with Gasteiger partial charge >= 0.3 is 0 Å². The molecule has 1 N–H and O–H groups in total. The largest absolute Gasteiger partial charge is 0.491 e. The molecule has 0 unspecified atom stereocenters. The number of carbonyl (C=O) groups excluding carboxylic acids is 1. The Morgan fingerprint density at radius 3 is 2.79 bits per heavy atom. The van der Waals surface area contributed by atoms with Gasteiger partial charge in [0.1, 0.15) is 12.2 Å². The van der Waals surface area contributed by atoms with Crippen LogP contribution in [0.2, 0.25) is 0 Å². The molecule has 4 heterocycles. The maximum Gasteiger partial charge on any atom is 0.254 e. The van der Waals surface area contributed by atoms with Crippen LogP contribution in [0.25, 0.3) is 0 Å². The number of pyridine rings is 1. The molecular weight excluding hydrogens is 485 g/mol. The van der Waals surface area contributed by atoms with Gasteiger partial charge in [-0.1, -0.05) is 6.07 Å². The van der Waals surface area contributed by atoms with E-state index in [1.165, 1.54) is 0 Å². The van der Waals surface area contributed by atoms with E-state index >= 15 is 0 Å². The van der Waals surface area contributed by atoms with Crippen molar-refractivity contribution in [1.82, 2.24) is 24.3 Å². The summed E-state index contributed by atoms with van der Waals surface area (Å²) in [5.41, 5.74) is 4.84. The molecule has 1 saturated heterocycles. The van der Waals surface area contributed by atoms with Crippen molar-refractivity contribution in [3.63, 3.8) is 0 Å². The number of aromatic nitrogens is 3. The fourth-order valence-electron chi connectivity index (χ4n) is 5.33. The summed E-state index contributed by atoms with van der Waals surface area (Å²) in [5.74, 6) is 1.12. The molecule has 1 amide bonds. The van der Waals surface area contributed by atoms with E-state index in [0.717, 1.165) is 28.2 Å². The molecule has 3 aromatic rings. The van der Waals surface area contributed by atoms with E-state index in [4.69, 9.17) is 4.74 Å². The molecule has 10 heteroatoms. The molecule has 0 spiro atoms. The number of nitrogens with zero attached hydrogens (tertiary/aromatic N) is 6. The SMILES string of the molecule is CCOc1cc([C@H](C)N2CCc3c(CN4CC(F)C4)cc(Cn4ccnc4NC)cc3C2=O)cnc1C#N. The van der Waals surface area contributed by atoms with Gasteiger partial charge in [-0.05, 0) is 54.7 Å². The maximum atomic E-state index is 13.9. The van der Waals surface area contributed by atoms with Crippen LogP contribution in [0.15, 0.2) is 36.8 Å². The zero-order valence-electron chi connectivity index (χ0n) is 21.9. The number of nitrogens with one attached hydrogen (secondary N) is 1. The van der Waals surface area contributed by atoms with Crippen molar-refractivity contribution in [1.29, 1.82) is 5.26 Å². The number of nitriles is 1. The lowest BCUT2D eigenvalue weighted by atomic mass is 9.89. The lowest BCUT2D eigenvalue weighted by Crippen LogP contribution is -2.48. The van der Waals surface area contributed by atoms with Crippen LogP contribution in [0.4, 0.5) is 10.3 Å². The number of anilines is 1. The van der Waals surface area contributed by atoms with Gasteiger partial charge in [-0.3, -0.25) is 9.69 Å².